The molecule has 0 spiro atoms. The van der Waals surface area contributed by atoms with Gasteiger partial charge in [0.2, 0.25) is 0 Å². The zero-order chi connectivity index (χ0) is 20.5. The van der Waals surface area contributed by atoms with Crippen molar-refractivity contribution in [1.82, 2.24) is 24.5 Å². The Morgan fingerprint density at radius 3 is 2.83 bits per heavy atom. The fraction of sp³-hybridized carbons (Fsp3) is 0.333. The van der Waals surface area contributed by atoms with Crippen molar-refractivity contribution in [3.8, 4) is 0 Å². The molecule has 29 heavy (non-hydrogen) atoms. The SMILES string of the molecule is CC(C1CC1)n1nccc1NC(=O)c1ccc(Sc2nncn2C)c([N+](=O)[O-])c1. The van der Waals surface area contributed by atoms with Crippen molar-refractivity contribution in [2.24, 2.45) is 13.0 Å². The number of hydrogen-bond donors (Lipinski definition) is 1. The van der Waals surface area contributed by atoms with Gasteiger partial charge < -0.3 is 9.88 Å². The number of nitrogens with one attached hydrogen (secondary N) is 1. The van der Waals surface area contributed by atoms with Crippen molar-refractivity contribution in [2.45, 2.75) is 35.9 Å². The Balaban J connectivity index is 1.56. The number of aromatic nitrogens is 5. The second kappa shape index (κ2) is 7.66. The number of benzene rings is 1. The Hall–Kier alpha value is -3.21. The molecule has 10 nitrogen and oxygen atoms in total. The first kappa shape index (κ1) is 19.1. The number of rotatable bonds is 7. The van der Waals surface area contributed by atoms with E-state index in [2.05, 4.69) is 27.5 Å². The fourth-order valence-corrected chi connectivity index (χ4v) is 3.91. The fourth-order valence-electron chi connectivity index (χ4n) is 3.06. The van der Waals surface area contributed by atoms with E-state index in [4.69, 9.17) is 0 Å². The number of carbonyl (C=O) groups excluding carboxylic acids is 1. The van der Waals surface area contributed by atoms with Crippen LogP contribution < -0.4 is 5.32 Å². The average molecular weight is 413 g/mol. The first-order valence-electron chi connectivity index (χ1n) is 9.09. The highest BCUT2D eigenvalue weighted by molar-refractivity contribution is 7.99. The molecule has 1 aromatic carbocycles. The maximum absolute atomic E-state index is 12.7. The summed E-state index contributed by atoms with van der Waals surface area (Å²) < 4.78 is 3.46. The number of amides is 1. The highest BCUT2D eigenvalue weighted by Gasteiger charge is 2.31. The van der Waals surface area contributed by atoms with Gasteiger partial charge >= 0.3 is 0 Å². The zero-order valence-corrected chi connectivity index (χ0v) is 16.7. The van der Waals surface area contributed by atoms with Crippen LogP contribution >= 0.6 is 11.8 Å². The third kappa shape index (κ3) is 3.99. The van der Waals surface area contributed by atoms with E-state index in [9.17, 15) is 14.9 Å². The van der Waals surface area contributed by atoms with Crippen molar-refractivity contribution in [2.75, 3.05) is 5.32 Å². The topological polar surface area (TPSA) is 121 Å². The zero-order valence-electron chi connectivity index (χ0n) is 15.8. The summed E-state index contributed by atoms with van der Waals surface area (Å²) in [5.41, 5.74) is 0.0383. The molecule has 1 saturated carbocycles. The van der Waals surface area contributed by atoms with Crippen LogP contribution in [0.15, 0.2) is 46.8 Å². The third-order valence-electron chi connectivity index (χ3n) is 4.89. The van der Waals surface area contributed by atoms with Gasteiger partial charge in [-0.3, -0.25) is 14.9 Å². The molecule has 0 bridgehead atoms. The van der Waals surface area contributed by atoms with Gasteiger partial charge in [-0.15, -0.1) is 10.2 Å². The molecule has 1 aliphatic rings. The lowest BCUT2D eigenvalue weighted by atomic mass is 10.2. The van der Waals surface area contributed by atoms with E-state index in [1.54, 1.807) is 40.7 Å². The van der Waals surface area contributed by atoms with Gasteiger partial charge in [-0.05, 0) is 49.6 Å². The van der Waals surface area contributed by atoms with Gasteiger partial charge in [-0.25, -0.2) is 4.68 Å². The Bertz CT molecular complexity index is 1070. The summed E-state index contributed by atoms with van der Waals surface area (Å²) in [6.07, 6.45) is 5.47. The normalized spacial score (nSPS) is 14.6. The largest absolute Gasteiger partial charge is 0.311 e. The maximum Gasteiger partial charge on any atom is 0.284 e. The summed E-state index contributed by atoms with van der Waals surface area (Å²) in [4.78, 5) is 24.2. The van der Waals surface area contributed by atoms with Gasteiger partial charge in [-0.2, -0.15) is 5.10 Å². The lowest BCUT2D eigenvalue weighted by molar-refractivity contribution is -0.387. The molecule has 0 saturated heterocycles. The van der Waals surface area contributed by atoms with Crippen molar-refractivity contribution in [3.63, 3.8) is 0 Å². The molecule has 3 aromatic rings. The number of anilines is 1. The van der Waals surface area contributed by atoms with E-state index >= 15 is 0 Å². The molecule has 1 fully saturated rings. The predicted molar refractivity (Wildman–Crippen MR) is 106 cm³/mol. The van der Waals surface area contributed by atoms with E-state index in [1.165, 1.54) is 12.4 Å². The van der Waals surface area contributed by atoms with Gasteiger partial charge in [0.15, 0.2) is 5.16 Å². The minimum absolute atomic E-state index is 0.162. The van der Waals surface area contributed by atoms with Crippen LogP contribution in [0.2, 0.25) is 0 Å². The number of aryl methyl sites for hydroxylation is 1. The highest BCUT2D eigenvalue weighted by Crippen LogP contribution is 2.40. The second-order valence-electron chi connectivity index (χ2n) is 6.96. The van der Waals surface area contributed by atoms with Crippen LogP contribution in [0.1, 0.15) is 36.2 Å². The van der Waals surface area contributed by atoms with E-state index in [0.717, 1.165) is 24.6 Å². The molecule has 2 heterocycles. The number of nitro benzene ring substituents is 1. The highest BCUT2D eigenvalue weighted by atomic mass is 32.2. The second-order valence-corrected chi connectivity index (χ2v) is 7.97. The Kier molecular flexibility index (Phi) is 5.05. The number of nitrogens with zero attached hydrogens (tertiary/aromatic N) is 6. The molecule has 2 aromatic heterocycles. The lowest BCUT2D eigenvalue weighted by Gasteiger charge is -2.15. The quantitative estimate of drug-likeness (QED) is 0.466. The van der Waals surface area contributed by atoms with Gasteiger partial charge in [0.25, 0.3) is 11.6 Å². The summed E-state index contributed by atoms with van der Waals surface area (Å²) in [5, 5.41) is 26.9. The maximum atomic E-state index is 12.7. The third-order valence-corrected chi connectivity index (χ3v) is 6.01. The van der Waals surface area contributed by atoms with Gasteiger partial charge in [-0.1, -0.05) is 0 Å². The Morgan fingerprint density at radius 2 is 2.17 bits per heavy atom. The van der Waals surface area contributed by atoms with E-state index in [-0.39, 0.29) is 17.3 Å². The number of carbonyl (C=O) groups is 1. The van der Waals surface area contributed by atoms with E-state index in [1.807, 2.05) is 0 Å². The van der Waals surface area contributed by atoms with E-state index < -0.39 is 10.8 Å². The minimum atomic E-state index is -0.505. The van der Waals surface area contributed by atoms with Crippen LogP contribution in [-0.4, -0.2) is 35.4 Å². The molecular weight excluding hydrogens is 394 g/mol. The van der Waals surface area contributed by atoms with Crippen molar-refractivity contribution < 1.29 is 9.72 Å². The van der Waals surface area contributed by atoms with Crippen LogP contribution in [0.25, 0.3) is 0 Å². The molecule has 1 atom stereocenters. The molecule has 1 unspecified atom stereocenters. The average Bonchev–Trinajstić information content (AvgIpc) is 3.33. The van der Waals surface area contributed by atoms with Gasteiger partial charge in [0.1, 0.15) is 12.1 Å². The molecule has 1 aliphatic carbocycles. The molecular formula is C18H19N7O3S. The van der Waals surface area contributed by atoms with Crippen molar-refractivity contribution in [3.05, 3.63) is 52.5 Å². The first-order valence-corrected chi connectivity index (χ1v) is 9.91. The summed E-state index contributed by atoms with van der Waals surface area (Å²) in [5.74, 6) is 0.728. The van der Waals surface area contributed by atoms with Crippen molar-refractivity contribution >= 4 is 29.2 Å². The first-order chi connectivity index (χ1) is 13.9. The minimum Gasteiger partial charge on any atom is -0.311 e. The molecule has 11 heteroatoms. The van der Waals surface area contributed by atoms with E-state index in [0.29, 0.717) is 21.8 Å². The Labute approximate surface area is 170 Å². The van der Waals surface area contributed by atoms with Crippen LogP contribution in [0.3, 0.4) is 0 Å². The number of hydrogen-bond acceptors (Lipinski definition) is 7. The van der Waals surface area contributed by atoms with Crippen LogP contribution in [0, 0.1) is 16.0 Å². The standard InChI is InChI=1S/C18H19N7O3S/c1-11(12-3-4-12)24-16(7-8-20-24)21-17(26)13-5-6-15(14(9-13)25(27)28)29-18-22-19-10-23(18)2/h5-12H,3-4H2,1-2H3,(H,21,26). The molecule has 1 N–H and O–H groups in total. The molecule has 0 radical (unpaired) electrons. The molecule has 4 rings (SSSR count). The van der Waals surface area contributed by atoms with Gasteiger partial charge in [0, 0.05) is 24.7 Å². The number of nitro groups is 1. The van der Waals surface area contributed by atoms with Crippen molar-refractivity contribution in [1.29, 1.82) is 0 Å². The van der Waals surface area contributed by atoms with Crippen LogP contribution in [0.5, 0.6) is 0 Å². The summed E-state index contributed by atoms with van der Waals surface area (Å²) >= 11 is 1.12. The predicted octanol–water partition coefficient (Wildman–Crippen LogP) is 3.29. The summed E-state index contributed by atoms with van der Waals surface area (Å²) in [6.45, 7) is 2.07. The summed E-state index contributed by atoms with van der Waals surface area (Å²) in [6, 6.07) is 6.31. The molecule has 150 valence electrons. The summed E-state index contributed by atoms with van der Waals surface area (Å²) in [7, 11) is 1.75. The Morgan fingerprint density at radius 1 is 1.38 bits per heavy atom. The lowest BCUT2D eigenvalue weighted by Crippen LogP contribution is -2.18. The van der Waals surface area contributed by atoms with Gasteiger partial charge in [0.05, 0.1) is 22.1 Å². The van der Waals surface area contributed by atoms with Crippen LogP contribution in [0.4, 0.5) is 11.5 Å². The smallest absolute Gasteiger partial charge is 0.284 e. The van der Waals surface area contributed by atoms with Crippen LogP contribution in [-0.2, 0) is 7.05 Å². The molecule has 1 amide bonds. The monoisotopic (exact) mass is 413 g/mol. The molecule has 0 aliphatic heterocycles.